The molecule has 148 valence electrons. The van der Waals surface area contributed by atoms with Crippen molar-refractivity contribution in [3.8, 4) is 0 Å². The van der Waals surface area contributed by atoms with Crippen LogP contribution in [-0.4, -0.2) is 74.2 Å². The lowest BCUT2D eigenvalue weighted by atomic mass is 10.0. The van der Waals surface area contributed by atoms with Crippen molar-refractivity contribution in [1.82, 2.24) is 40.6 Å². The number of rotatable bonds is 6. The molecule has 2 amide bonds. The fraction of sp³-hybridized carbons (Fsp3) is 0.500. The fourth-order valence-corrected chi connectivity index (χ4v) is 6.84. The minimum atomic E-state index is -1.30. The Bertz CT molecular complexity index is 972. The van der Waals surface area contributed by atoms with Crippen molar-refractivity contribution in [2.45, 2.75) is 36.1 Å². The zero-order chi connectivity index (χ0) is 19.8. The number of allylic oxidation sites excluding steroid dienone is 1. The first-order chi connectivity index (χ1) is 13.4. The molecule has 0 radical (unpaired) electrons. The molecular weight excluding hydrogens is 424 g/mol. The fourth-order valence-electron chi connectivity index (χ4n) is 3.01. The van der Waals surface area contributed by atoms with Crippen molar-refractivity contribution >= 4 is 45.7 Å². The summed E-state index contributed by atoms with van der Waals surface area (Å²) in [7, 11) is -1.30. The van der Waals surface area contributed by atoms with Gasteiger partial charge in [0.25, 0.3) is 5.91 Å². The Morgan fingerprint density at radius 1 is 1.43 bits per heavy atom. The Kier molecular flexibility index (Phi) is 5.25. The van der Waals surface area contributed by atoms with Crippen molar-refractivity contribution in [2.24, 2.45) is 0 Å². The van der Waals surface area contributed by atoms with Crippen LogP contribution in [0.15, 0.2) is 21.9 Å². The Labute approximate surface area is 170 Å². The van der Waals surface area contributed by atoms with Gasteiger partial charge in [0.2, 0.25) is 5.91 Å². The Morgan fingerprint density at radius 3 is 2.93 bits per heavy atom. The Hall–Kier alpha value is -2.19. The van der Waals surface area contributed by atoms with Crippen LogP contribution < -0.4 is 5.32 Å². The number of carbonyl (C=O) groups excluding carboxylic acids is 2. The number of aryl methyl sites for hydroxylation is 1. The molecule has 1 saturated heterocycles. The predicted octanol–water partition coefficient (Wildman–Crippen LogP) is -0.685. The molecule has 2 aromatic rings. The van der Waals surface area contributed by atoms with Gasteiger partial charge in [-0.05, 0) is 29.8 Å². The van der Waals surface area contributed by atoms with Gasteiger partial charge in [0.15, 0.2) is 4.34 Å². The van der Waals surface area contributed by atoms with Gasteiger partial charge < -0.3 is 5.32 Å². The molecule has 2 aliphatic heterocycles. The maximum Gasteiger partial charge on any atom is 0.253 e. The topological polar surface area (TPSA) is 136 Å². The summed E-state index contributed by atoms with van der Waals surface area (Å²) in [6.07, 6.45) is 1.31. The summed E-state index contributed by atoms with van der Waals surface area (Å²) in [6.45, 7) is 3.63. The second-order valence-corrected chi connectivity index (χ2v) is 10.2. The highest BCUT2D eigenvalue weighted by atomic mass is 32.2. The molecule has 2 aromatic heterocycles. The second-order valence-electron chi connectivity index (χ2n) is 6.24. The van der Waals surface area contributed by atoms with Gasteiger partial charge >= 0.3 is 0 Å². The molecule has 11 nitrogen and oxygen atoms in total. The van der Waals surface area contributed by atoms with Gasteiger partial charge in [-0.25, -0.2) is 4.68 Å². The van der Waals surface area contributed by atoms with E-state index in [0.717, 1.165) is 20.6 Å². The van der Waals surface area contributed by atoms with Crippen molar-refractivity contribution in [2.75, 3.05) is 11.5 Å². The molecule has 1 N–H and O–H groups in total. The minimum Gasteiger partial charge on any atom is -0.340 e. The molecule has 0 spiro atoms. The molecular formula is C14H16N8O3S3. The van der Waals surface area contributed by atoms with Crippen LogP contribution in [0.3, 0.4) is 0 Å². The highest BCUT2D eigenvalue weighted by Crippen LogP contribution is 2.36. The molecule has 3 unspecified atom stereocenters. The van der Waals surface area contributed by atoms with Crippen LogP contribution in [0.1, 0.15) is 11.9 Å². The number of carbonyl (C=O) groups is 2. The quantitative estimate of drug-likeness (QED) is 0.457. The molecule has 3 atom stereocenters. The van der Waals surface area contributed by atoms with Crippen LogP contribution in [0, 0.1) is 6.92 Å². The number of aromatic nitrogens is 6. The van der Waals surface area contributed by atoms with Crippen LogP contribution in [0.25, 0.3) is 0 Å². The number of nitrogens with zero attached hydrogens (tertiary/aromatic N) is 7. The van der Waals surface area contributed by atoms with E-state index in [1.54, 1.807) is 0 Å². The van der Waals surface area contributed by atoms with Gasteiger partial charge in [-0.2, -0.15) is 0 Å². The maximum atomic E-state index is 12.7. The smallest absolute Gasteiger partial charge is 0.253 e. The number of hydrogen-bond donors (Lipinski definition) is 1. The van der Waals surface area contributed by atoms with Gasteiger partial charge in [-0.15, -0.1) is 15.3 Å². The third kappa shape index (κ3) is 3.58. The van der Waals surface area contributed by atoms with Gasteiger partial charge in [-0.1, -0.05) is 23.1 Å². The van der Waals surface area contributed by atoms with E-state index < -0.39 is 28.1 Å². The lowest BCUT2D eigenvalue weighted by Gasteiger charge is -2.49. The molecule has 4 rings (SSSR count). The molecule has 28 heavy (non-hydrogen) atoms. The zero-order valence-electron chi connectivity index (χ0n) is 14.9. The molecule has 4 heterocycles. The largest absolute Gasteiger partial charge is 0.340 e. The standard InChI is InChI=1S/C14H16N8O3S3/c1-7-9(4-26-14-18-17-8(2)27-14)5-28(25)13-11(12(24)22(7)13)16-10(23)3-21-6-15-19-20-21/h6,11,13H,3-5H2,1-2H3,(H,16,23). The molecule has 0 aromatic carbocycles. The van der Waals surface area contributed by atoms with E-state index in [1.807, 2.05) is 13.8 Å². The average molecular weight is 441 g/mol. The number of hydrogen-bond acceptors (Lipinski definition) is 10. The van der Waals surface area contributed by atoms with Crippen LogP contribution in [0.4, 0.5) is 0 Å². The molecule has 0 aliphatic carbocycles. The number of fused-ring (bicyclic) bond motifs is 1. The molecule has 14 heteroatoms. The van der Waals surface area contributed by atoms with Crippen LogP contribution in [-0.2, 0) is 26.9 Å². The lowest BCUT2D eigenvalue weighted by Crippen LogP contribution is -2.73. The normalized spacial score (nSPS) is 24.1. The lowest BCUT2D eigenvalue weighted by molar-refractivity contribution is -0.146. The van der Waals surface area contributed by atoms with Gasteiger partial charge in [-0.3, -0.25) is 18.7 Å². The van der Waals surface area contributed by atoms with Gasteiger partial charge in [0.1, 0.15) is 29.3 Å². The summed E-state index contributed by atoms with van der Waals surface area (Å²) in [5.41, 5.74) is 1.74. The van der Waals surface area contributed by atoms with Crippen LogP contribution >= 0.6 is 23.1 Å². The van der Waals surface area contributed by atoms with Crippen molar-refractivity contribution < 1.29 is 13.8 Å². The minimum absolute atomic E-state index is 0.103. The van der Waals surface area contributed by atoms with Crippen LogP contribution in [0.2, 0.25) is 0 Å². The van der Waals surface area contributed by atoms with Gasteiger partial charge in [0, 0.05) is 17.2 Å². The molecule has 0 bridgehead atoms. The number of nitrogens with one attached hydrogen (secondary N) is 1. The van der Waals surface area contributed by atoms with Crippen molar-refractivity contribution in [1.29, 1.82) is 0 Å². The Balaban J connectivity index is 1.41. The summed E-state index contributed by atoms with van der Waals surface area (Å²) in [5.74, 6) is 0.301. The third-order valence-corrected chi connectivity index (χ3v) is 8.11. The van der Waals surface area contributed by atoms with E-state index in [2.05, 4.69) is 31.0 Å². The number of tetrazole rings is 1. The first-order valence-electron chi connectivity index (χ1n) is 8.26. The van der Waals surface area contributed by atoms with Crippen molar-refractivity contribution in [3.05, 3.63) is 22.6 Å². The molecule has 2 aliphatic rings. The van der Waals surface area contributed by atoms with Crippen LogP contribution in [0.5, 0.6) is 0 Å². The first kappa shape index (κ1) is 19.1. The second kappa shape index (κ2) is 7.67. The maximum absolute atomic E-state index is 12.7. The third-order valence-electron chi connectivity index (χ3n) is 4.39. The van der Waals surface area contributed by atoms with E-state index >= 15 is 0 Å². The monoisotopic (exact) mass is 440 g/mol. The number of β-lactam (4-membered cyclic amide) rings is 1. The predicted molar refractivity (Wildman–Crippen MR) is 101 cm³/mol. The zero-order valence-corrected chi connectivity index (χ0v) is 17.4. The number of amides is 2. The van der Waals surface area contributed by atoms with E-state index in [1.165, 1.54) is 39.0 Å². The summed E-state index contributed by atoms with van der Waals surface area (Å²) in [4.78, 5) is 26.2. The Morgan fingerprint density at radius 2 is 2.25 bits per heavy atom. The summed E-state index contributed by atoms with van der Waals surface area (Å²) < 4.78 is 14.8. The highest BCUT2D eigenvalue weighted by molar-refractivity contribution is 8.01. The van der Waals surface area contributed by atoms with E-state index in [4.69, 9.17) is 0 Å². The summed E-state index contributed by atoms with van der Waals surface area (Å²) >= 11 is 3.02. The van der Waals surface area contributed by atoms with E-state index in [0.29, 0.717) is 11.5 Å². The van der Waals surface area contributed by atoms with E-state index in [9.17, 15) is 13.8 Å². The van der Waals surface area contributed by atoms with E-state index in [-0.39, 0.29) is 12.5 Å². The molecule has 1 fully saturated rings. The highest BCUT2D eigenvalue weighted by Gasteiger charge is 2.54. The SMILES string of the molecule is CC1=C(CSc2nnc(C)s2)CS(=O)C2C(NC(=O)Cn3cnnn3)C(=O)N12. The van der Waals surface area contributed by atoms with Gasteiger partial charge in [0.05, 0.1) is 10.8 Å². The summed E-state index contributed by atoms with van der Waals surface area (Å²) in [5, 5.41) is 21.6. The summed E-state index contributed by atoms with van der Waals surface area (Å²) in [6, 6.07) is -0.792. The number of thioether (sulfide) groups is 1. The average Bonchev–Trinajstić information content (AvgIpc) is 3.31. The van der Waals surface area contributed by atoms with Crippen molar-refractivity contribution in [3.63, 3.8) is 0 Å². The molecule has 0 saturated carbocycles. The first-order valence-corrected chi connectivity index (χ1v) is 11.4.